The van der Waals surface area contributed by atoms with Crippen LogP contribution < -0.4 is 10.3 Å². The standard InChI is InChI=1S/C22H32N4O2/c1-15(2)25-11-5-6-18(14-25)13-23-22(28)19-9-10-21(27)26(24-19)20-12-16(3)7-8-17(20)4/h7-8,12,15,18H,5-6,9-11,13-14H2,1-4H3,(H,23,28). The molecule has 3 rings (SSSR count). The van der Waals surface area contributed by atoms with E-state index in [9.17, 15) is 9.59 Å². The first kappa shape index (κ1) is 20.5. The van der Waals surface area contributed by atoms with Gasteiger partial charge >= 0.3 is 0 Å². The number of hydrazone groups is 1. The Balaban J connectivity index is 1.66. The summed E-state index contributed by atoms with van der Waals surface area (Å²) in [7, 11) is 0. The number of carbonyl (C=O) groups excluding carboxylic acids is 2. The van der Waals surface area contributed by atoms with Crippen molar-refractivity contribution in [3.8, 4) is 0 Å². The van der Waals surface area contributed by atoms with Crippen LogP contribution in [-0.4, -0.2) is 48.1 Å². The number of rotatable bonds is 5. The fraction of sp³-hybridized carbons (Fsp3) is 0.591. The van der Waals surface area contributed by atoms with Gasteiger partial charge in [0.25, 0.3) is 5.91 Å². The van der Waals surface area contributed by atoms with Gasteiger partial charge in [-0.15, -0.1) is 0 Å². The number of likely N-dealkylation sites (tertiary alicyclic amines) is 1. The first-order valence-corrected chi connectivity index (χ1v) is 10.3. The number of hydrogen-bond acceptors (Lipinski definition) is 4. The topological polar surface area (TPSA) is 65.0 Å². The summed E-state index contributed by atoms with van der Waals surface area (Å²) < 4.78 is 0. The quantitative estimate of drug-likeness (QED) is 0.849. The van der Waals surface area contributed by atoms with Crippen LogP contribution in [0.25, 0.3) is 0 Å². The van der Waals surface area contributed by atoms with Gasteiger partial charge < -0.3 is 10.2 Å². The van der Waals surface area contributed by atoms with Crippen molar-refractivity contribution in [2.45, 2.75) is 59.4 Å². The highest BCUT2D eigenvalue weighted by Crippen LogP contribution is 2.25. The minimum Gasteiger partial charge on any atom is -0.351 e. The highest BCUT2D eigenvalue weighted by atomic mass is 16.2. The Kier molecular flexibility index (Phi) is 6.50. The molecular weight excluding hydrogens is 352 g/mol. The van der Waals surface area contributed by atoms with Crippen molar-refractivity contribution in [3.05, 3.63) is 29.3 Å². The molecule has 1 fully saturated rings. The van der Waals surface area contributed by atoms with Crippen molar-refractivity contribution in [2.75, 3.05) is 24.6 Å². The monoisotopic (exact) mass is 384 g/mol. The van der Waals surface area contributed by atoms with Gasteiger partial charge in [-0.1, -0.05) is 12.1 Å². The van der Waals surface area contributed by atoms with E-state index >= 15 is 0 Å². The van der Waals surface area contributed by atoms with Crippen molar-refractivity contribution in [1.82, 2.24) is 10.2 Å². The van der Waals surface area contributed by atoms with Gasteiger partial charge in [-0.25, -0.2) is 5.01 Å². The van der Waals surface area contributed by atoms with Crippen LogP contribution in [0.2, 0.25) is 0 Å². The maximum absolute atomic E-state index is 12.7. The zero-order chi connectivity index (χ0) is 20.3. The third-order valence-electron chi connectivity index (χ3n) is 5.72. The second-order valence-electron chi connectivity index (χ2n) is 8.35. The SMILES string of the molecule is Cc1ccc(C)c(N2N=C(C(=O)NCC3CCCN(C(C)C)C3)CCC2=O)c1. The van der Waals surface area contributed by atoms with Crippen molar-refractivity contribution in [2.24, 2.45) is 11.0 Å². The van der Waals surface area contributed by atoms with Crippen molar-refractivity contribution < 1.29 is 9.59 Å². The largest absolute Gasteiger partial charge is 0.351 e. The fourth-order valence-corrected chi connectivity index (χ4v) is 3.92. The fourth-order valence-electron chi connectivity index (χ4n) is 3.92. The molecule has 0 radical (unpaired) electrons. The van der Waals surface area contributed by atoms with E-state index in [0.29, 0.717) is 37.1 Å². The number of amides is 2. The van der Waals surface area contributed by atoms with Crippen LogP contribution in [-0.2, 0) is 9.59 Å². The Labute approximate surface area is 168 Å². The number of aryl methyl sites for hydroxylation is 2. The Hall–Kier alpha value is -2.21. The van der Waals surface area contributed by atoms with Crippen molar-refractivity contribution >= 4 is 23.2 Å². The molecule has 2 heterocycles. The molecule has 2 aliphatic rings. The summed E-state index contributed by atoms with van der Waals surface area (Å²) in [6.07, 6.45) is 3.02. The van der Waals surface area contributed by atoms with Crippen LogP contribution in [0.5, 0.6) is 0 Å². The number of hydrogen-bond donors (Lipinski definition) is 1. The lowest BCUT2D eigenvalue weighted by molar-refractivity contribution is -0.119. The first-order chi connectivity index (χ1) is 13.3. The third-order valence-corrected chi connectivity index (χ3v) is 5.72. The lowest BCUT2D eigenvalue weighted by Crippen LogP contribution is -2.45. The number of benzene rings is 1. The molecule has 0 saturated carbocycles. The summed E-state index contributed by atoms with van der Waals surface area (Å²) in [5, 5.41) is 8.88. The highest BCUT2D eigenvalue weighted by Gasteiger charge is 2.27. The molecule has 2 aliphatic heterocycles. The average Bonchev–Trinajstić information content (AvgIpc) is 2.68. The Bertz CT molecular complexity index is 772. The third kappa shape index (κ3) is 4.79. The zero-order valence-corrected chi connectivity index (χ0v) is 17.5. The van der Waals surface area contributed by atoms with E-state index in [1.165, 1.54) is 11.4 Å². The van der Waals surface area contributed by atoms with Gasteiger partial charge in [0, 0.05) is 32.0 Å². The van der Waals surface area contributed by atoms with E-state index in [1.54, 1.807) is 0 Å². The molecule has 6 nitrogen and oxygen atoms in total. The maximum Gasteiger partial charge on any atom is 0.267 e. The van der Waals surface area contributed by atoms with E-state index in [2.05, 4.69) is 29.2 Å². The Morgan fingerprint density at radius 1 is 1.29 bits per heavy atom. The predicted molar refractivity (Wildman–Crippen MR) is 113 cm³/mol. The summed E-state index contributed by atoms with van der Waals surface area (Å²) in [6.45, 7) is 11.2. The van der Waals surface area contributed by atoms with Crippen LogP contribution in [0.15, 0.2) is 23.3 Å². The molecule has 1 N–H and O–H groups in total. The van der Waals surface area contributed by atoms with Crippen LogP contribution in [0.4, 0.5) is 5.69 Å². The lowest BCUT2D eigenvalue weighted by Gasteiger charge is -2.35. The molecule has 0 aromatic heterocycles. The van der Waals surface area contributed by atoms with E-state index in [4.69, 9.17) is 0 Å². The van der Waals surface area contributed by atoms with Crippen LogP contribution >= 0.6 is 0 Å². The molecule has 1 unspecified atom stereocenters. The van der Waals surface area contributed by atoms with Crippen LogP contribution in [0.1, 0.15) is 50.7 Å². The van der Waals surface area contributed by atoms with Gasteiger partial charge in [-0.2, -0.15) is 5.10 Å². The summed E-state index contributed by atoms with van der Waals surface area (Å²) >= 11 is 0. The number of piperidine rings is 1. The minimum absolute atomic E-state index is 0.0647. The molecule has 1 saturated heterocycles. The van der Waals surface area contributed by atoms with Gasteiger partial charge in [0.05, 0.1) is 5.69 Å². The lowest BCUT2D eigenvalue weighted by atomic mass is 9.97. The minimum atomic E-state index is -0.149. The second kappa shape index (κ2) is 8.86. The maximum atomic E-state index is 12.7. The Morgan fingerprint density at radius 3 is 2.82 bits per heavy atom. The van der Waals surface area contributed by atoms with Gasteiger partial charge in [-0.05, 0) is 70.2 Å². The summed E-state index contributed by atoms with van der Waals surface area (Å²) in [5.74, 6) is 0.260. The molecule has 6 heteroatoms. The molecule has 2 amide bonds. The molecule has 1 aromatic carbocycles. The second-order valence-corrected chi connectivity index (χ2v) is 8.35. The van der Waals surface area contributed by atoms with Gasteiger partial charge in [-0.3, -0.25) is 9.59 Å². The zero-order valence-electron chi connectivity index (χ0n) is 17.5. The van der Waals surface area contributed by atoms with Gasteiger partial charge in [0.1, 0.15) is 5.71 Å². The van der Waals surface area contributed by atoms with Gasteiger partial charge in [0.15, 0.2) is 0 Å². The smallest absolute Gasteiger partial charge is 0.267 e. The molecule has 0 bridgehead atoms. The van der Waals surface area contributed by atoms with Crippen molar-refractivity contribution in [1.29, 1.82) is 0 Å². The summed E-state index contributed by atoms with van der Waals surface area (Å²) in [5.41, 5.74) is 3.24. The van der Waals surface area contributed by atoms with E-state index in [0.717, 1.165) is 36.3 Å². The highest BCUT2D eigenvalue weighted by molar-refractivity contribution is 6.40. The number of nitrogens with one attached hydrogen (secondary N) is 1. The van der Waals surface area contributed by atoms with Crippen LogP contribution in [0.3, 0.4) is 0 Å². The predicted octanol–water partition coefficient (Wildman–Crippen LogP) is 3.02. The Morgan fingerprint density at radius 2 is 2.07 bits per heavy atom. The van der Waals surface area contributed by atoms with E-state index in [-0.39, 0.29) is 11.8 Å². The van der Waals surface area contributed by atoms with E-state index < -0.39 is 0 Å². The number of anilines is 1. The number of nitrogens with zero attached hydrogens (tertiary/aromatic N) is 3. The molecule has 28 heavy (non-hydrogen) atoms. The molecule has 0 aliphatic carbocycles. The molecular formula is C22H32N4O2. The average molecular weight is 385 g/mol. The van der Waals surface area contributed by atoms with E-state index in [1.807, 2.05) is 32.0 Å². The number of carbonyl (C=O) groups is 2. The summed E-state index contributed by atoms with van der Waals surface area (Å²) in [6, 6.07) is 6.47. The first-order valence-electron chi connectivity index (χ1n) is 10.3. The van der Waals surface area contributed by atoms with Gasteiger partial charge in [0.2, 0.25) is 5.91 Å². The van der Waals surface area contributed by atoms with Crippen LogP contribution in [0, 0.1) is 19.8 Å². The molecule has 152 valence electrons. The normalized spacial score (nSPS) is 21.0. The summed E-state index contributed by atoms with van der Waals surface area (Å²) in [4.78, 5) is 27.6. The molecule has 0 spiro atoms. The molecule has 1 aromatic rings. The molecule has 1 atom stereocenters. The van der Waals surface area contributed by atoms with Crippen molar-refractivity contribution in [3.63, 3.8) is 0 Å².